The number of aromatic nitrogens is 1. The summed E-state index contributed by atoms with van der Waals surface area (Å²) in [4.78, 5) is 25.9. The summed E-state index contributed by atoms with van der Waals surface area (Å²) < 4.78 is 28.4. The number of hydrogen-bond donors (Lipinski definition) is 0. The molecule has 0 aliphatic rings. The number of ketones is 1. The number of carbonyl (C=O) groups is 1. The van der Waals surface area contributed by atoms with E-state index in [-0.39, 0.29) is 11.1 Å². The highest BCUT2D eigenvalue weighted by atomic mass is 19.3. The Hall–Kier alpha value is -2.90. The van der Waals surface area contributed by atoms with Gasteiger partial charge in [-0.05, 0) is 24.3 Å². The Morgan fingerprint density at radius 1 is 1.29 bits per heavy atom. The van der Waals surface area contributed by atoms with Gasteiger partial charge < -0.3 is 4.74 Å². The number of nitro benzene ring substituents is 1. The van der Waals surface area contributed by atoms with Crippen LogP contribution in [0.1, 0.15) is 15.9 Å². The molecule has 21 heavy (non-hydrogen) atoms. The Labute approximate surface area is 117 Å². The molecule has 0 unspecified atom stereocenters. The number of pyridine rings is 1. The number of nitrogens with zero attached hydrogens (tertiary/aromatic N) is 2. The van der Waals surface area contributed by atoms with Gasteiger partial charge in [0, 0.05) is 29.6 Å². The first-order chi connectivity index (χ1) is 9.99. The molecule has 1 aromatic carbocycles. The molecule has 2 rings (SSSR count). The molecule has 1 aromatic heterocycles. The Bertz CT molecular complexity index is 677. The zero-order valence-corrected chi connectivity index (χ0v) is 10.4. The van der Waals surface area contributed by atoms with Crippen molar-refractivity contribution < 1.29 is 23.2 Å². The quantitative estimate of drug-likeness (QED) is 0.481. The minimum absolute atomic E-state index is 0.0173. The summed E-state index contributed by atoms with van der Waals surface area (Å²) in [5, 5.41) is 10.9. The summed E-state index contributed by atoms with van der Waals surface area (Å²) in [6.07, 6.45) is 2.77. The van der Waals surface area contributed by atoms with Gasteiger partial charge in [0.25, 0.3) is 0 Å². The third-order valence-corrected chi connectivity index (χ3v) is 2.56. The predicted molar refractivity (Wildman–Crippen MR) is 67.4 cm³/mol. The van der Waals surface area contributed by atoms with Gasteiger partial charge in [0.1, 0.15) is 0 Å². The average Bonchev–Trinajstić information content (AvgIpc) is 2.47. The van der Waals surface area contributed by atoms with E-state index < -0.39 is 28.8 Å². The first kappa shape index (κ1) is 14.5. The molecule has 0 saturated carbocycles. The van der Waals surface area contributed by atoms with Gasteiger partial charge in [0.05, 0.1) is 4.92 Å². The third-order valence-electron chi connectivity index (χ3n) is 2.56. The minimum atomic E-state index is -3.19. The highest BCUT2D eigenvalue weighted by molar-refractivity contribution is 6.09. The third kappa shape index (κ3) is 3.35. The lowest BCUT2D eigenvalue weighted by Gasteiger charge is -2.06. The number of benzene rings is 1. The van der Waals surface area contributed by atoms with Crippen LogP contribution in [0.25, 0.3) is 0 Å². The van der Waals surface area contributed by atoms with Crippen molar-refractivity contribution in [3.63, 3.8) is 0 Å². The van der Waals surface area contributed by atoms with Crippen LogP contribution in [0.4, 0.5) is 14.5 Å². The van der Waals surface area contributed by atoms with Crippen molar-refractivity contribution in [2.45, 2.75) is 6.61 Å². The van der Waals surface area contributed by atoms with Crippen molar-refractivity contribution >= 4 is 11.5 Å². The van der Waals surface area contributed by atoms with Crippen LogP contribution >= 0.6 is 0 Å². The summed E-state index contributed by atoms with van der Waals surface area (Å²) in [5.41, 5.74) is -0.490. The van der Waals surface area contributed by atoms with E-state index in [1.165, 1.54) is 30.6 Å². The normalized spacial score (nSPS) is 10.4. The van der Waals surface area contributed by atoms with Crippen LogP contribution in [0, 0.1) is 10.1 Å². The number of alkyl halides is 2. The smallest absolute Gasteiger partial charge is 0.387 e. The number of rotatable bonds is 5. The van der Waals surface area contributed by atoms with Gasteiger partial charge in [0.15, 0.2) is 5.78 Å². The Kier molecular flexibility index (Phi) is 4.17. The molecule has 0 amide bonds. The second-order valence-electron chi connectivity index (χ2n) is 3.89. The predicted octanol–water partition coefficient (Wildman–Crippen LogP) is 2.82. The molecular formula is C13H8F2N2O4. The lowest BCUT2D eigenvalue weighted by molar-refractivity contribution is -0.386. The van der Waals surface area contributed by atoms with E-state index in [4.69, 9.17) is 0 Å². The molecule has 0 radical (unpaired) electrons. The minimum Gasteiger partial charge on any atom is -0.427 e. The van der Waals surface area contributed by atoms with Crippen molar-refractivity contribution in [1.82, 2.24) is 4.98 Å². The van der Waals surface area contributed by atoms with Crippen molar-refractivity contribution in [2.75, 3.05) is 0 Å². The van der Waals surface area contributed by atoms with Gasteiger partial charge in [-0.1, -0.05) is 0 Å². The molecule has 0 spiro atoms. The van der Waals surface area contributed by atoms with Crippen LogP contribution < -0.4 is 4.74 Å². The maximum absolute atomic E-state index is 12.2. The topological polar surface area (TPSA) is 82.3 Å². The Balaban J connectivity index is 2.40. The van der Waals surface area contributed by atoms with Gasteiger partial charge in [-0.2, -0.15) is 8.78 Å². The average molecular weight is 294 g/mol. The number of carbonyl (C=O) groups excluding carboxylic acids is 1. The lowest BCUT2D eigenvalue weighted by Crippen LogP contribution is -2.07. The number of ether oxygens (including phenoxy) is 1. The van der Waals surface area contributed by atoms with Gasteiger partial charge in [-0.3, -0.25) is 19.9 Å². The standard InChI is InChI=1S/C13H8F2N2O4/c14-13(15)21-11-4-3-8(6-10(11)17(19)20)12(18)9-2-1-5-16-7-9/h1-7,13H. The van der Waals surface area contributed by atoms with E-state index in [9.17, 15) is 23.7 Å². The van der Waals surface area contributed by atoms with Gasteiger partial charge in [-0.25, -0.2) is 0 Å². The van der Waals surface area contributed by atoms with E-state index in [1.54, 1.807) is 0 Å². The zero-order valence-electron chi connectivity index (χ0n) is 10.4. The van der Waals surface area contributed by atoms with Crippen molar-refractivity contribution in [3.8, 4) is 5.75 Å². The lowest BCUT2D eigenvalue weighted by atomic mass is 10.0. The SMILES string of the molecule is O=C(c1cccnc1)c1ccc(OC(F)F)c([N+](=O)[O-])c1. The van der Waals surface area contributed by atoms with Crippen LogP contribution in [0.15, 0.2) is 42.7 Å². The van der Waals surface area contributed by atoms with E-state index in [0.717, 1.165) is 12.1 Å². The highest BCUT2D eigenvalue weighted by Crippen LogP contribution is 2.30. The molecule has 0 aliphatic carbocycles. The zero-order chi connectivity index (χ0) is 15.4. The molecular weight excluding hydrogens is 286 g/mol. The summed E-state index contributed by atoms with van der Waals surface area (Å²) >= 11 is 0. The largest absolute Gasteiger partial charge is 0.427 e. The number of halogens is 2. The van der Waals surface area contributed by atoms with E-state index >= 15 is 0 Å². The molecule has 2 aromatic rings. The van der Waals surface area contributed by atoms with Crippen LogP contribution in [0.5, 0.6) is 5.75 Å². The van der Waals surface area contributed by atoms with Crippen molar-refractivity contribution in [1.29, 1.82) is 0 Å². The second-order valence-corrected chi connectivity index (χ2v) is 3.89. The van der Waals surface area contributed by atoms with Gasteiger partial charge in [0.2, 0.25) is 5.75 Å². The summed E-state index contributed by atoms with van der Waals surface area (Å²) in [6, 6.07) is 6.07. The fraction of sp³-hybridized carbons (Fsp3) is 0.0769. The molecule has 0 bridgehead atoms. The van der Waals surface area contributed by atoms with Crippen molar-refractivity contribution in [2.24, 2.45) is 0 Å². The first-order valence-corrected chi connectivity index (χ1v) is 5.67. The Morgan fingerprint density at radius 2 is 2.05 bits per heavy atom. The van der Waals surface area contributed by atoms with Crippen molar-refractivity contribution in [3.05, 3.63) is 64.0 Å². The summed E-state index contributed by atoms with van der Waals surface area (Å²) in [7, 11) is 0. The molecule has 0 atom stereocenters. The Morgan fingerprint density at radius 3 is 2.62 bits per heavy atom. The molecule has 0 N–H and O–H groups in total. The van der Waals surface area contributed by atoms with Crippen LogP contribution in [0.3, 0.4) is 0 Å². The summed E-state index contributed by atoms with van der Waals surface area (Å²) in [5.74, 6) is -1.10. The van der Waals surface area contributed by atoms with E-state index in [1.807, 2.05) is 0 Å². The molecule has 8 heteroatoms. The fourth-order valence-corrected chi connectivity index (χ4v) is 1.66. The van der Waals surface area contributed by atoms with E-state index in [0.29, 0.717) is 0 Å². The van der Waals surface area contributed by atoms with Crippen LogP contribution in [0.2, 0.25) is 0 Å². The second kappa shape index (κ2) is 6.04. The molecule has 108 valence electrons. The first-order valence-electron chi connectivity index (χ1n) is 5.67. The fourth-order valence-electron chi connectivity index (χ4n) is 1.66. The number of nitro groups is 1. The van der Waals surface area contributed by atoms with Crippen LogP contribution in [-0.4, -0.2) is 22.3 Å². The number of hydrogen-bond acceptors (Lipinski definition) is 5. The van der Waals surface area contributed by atoms with Crippen LogP contribution in [-0.2, 0) is 0 Å². The van der Waals surface area contributed by atoms with Gasteiger partial charge >= 0.3 is 12.3 Å². The monoisotopic (exact) mass is 294 g/mol. The molecule has 0 saturated heterocycles. The highest BCUT2D eigenvalue weighted by Gasteiger charge is 2.21. The maximum Gasteiger partial charge on any atom is 0.387 e. The molecule has 1 heterocycles. The van der Waals surface area contributed by atoms with E-state index in [2.05, 4.69) is 9.72 Å². The molecule has 6 nitrogen and oxygen atoms in total. The molecule has 0 fully saturated rings. The molecule has 0 aliphatic heterocycles. The maximum atomic E-state index is 12.2. The van der Waals surface area contributed by atoms with Gasteiger partial charge in [-0.15, -0.1) is 0 Å². The summed E-state index contributed by atoms with van der Waals surface area (Å²) in [6.45, 7) is -3.19.